The van der Waals surface area contributed by atoms with Crippen LogP contribution in [0.15, 0.2) is 30.3 Å². The van der Waals surface area contributed by atoms with E-state index in [1.54, 1.807) is 0 Å². The van der Waals surface area contributed by atoms with Crippen LogP contribution < -0.4 is 5.73 Å². The van der Waals surface area contributed by atoms with E-state index in [2.05, 4.69) is 42.6 Å². The van der Waals surface area contributed by atoms with Crippen molar-refractivity contribution in [3.63, 3.8) is 0 Å². The summed E-state index contributed by atoms with van der Waals surface area (Å²) in [6.07, 6.45) is 3.03. The molecular weight excluding hydrogens is 298 g/mol. The maximum atomic E-state index is 12.2. The highest BCUT2D eigenvalue weighted by Crippen LogP contribution is 2.33. The fraction of sp³-hybridized carbons (Fsp3) is 0.450. The first-order valence-corrected chi connectivity index (χ1v) is 8.69. The summed E-state index contributed by atoms with van der Waals surface area (Å²) in [6, 6.07) is 10.1. The molecule has 2 rings (SSSR count). The van der Waals surface area contributed by atoms with Gasteiger partial charge in [0, 0.05) is 23.5 Å². The molecule has 0 atom stereocenters. The second-order valence-corrected chi connectivity index (χ2v) is 6.57. The number of carbonyl (C=O) groups excluding carboxylic acids is 1. The molecule has 24 heavy (non-hydrogen) atoms. The smallest absolute Gasteiger partial charge is 0.251 e. The maximum Gasteiger partial charge on any atom is 0.251 e. The van der Waals surface area contributed by atoms with Gasteiger partial charge in [-0.1, -0.05) is 43.7 Å². The van der Waals surface area contributed by atoms with Gasteiger partial charge in [-0.3, -0.25) is 4.79 Å². The number of primary amides is 1. The van der Waals surface area contributed by atoms with E-state index in [1.165, 1.54) is 5.69 Å². The zero-order valence-electron chi connectivity index (χ0n) is 15.3. The van der Waals surface area contributed by atoms with E-state index in [9.17, 15) is 4.79 Å². The third kappa shape index (κ3) is 3.88. The Hall–Kier alpha value is -2.07. The van der Waals surface area contributed by atoms with Crippen molar-refractivity contribution in [2.24, 2.45) is 5.73 Å². The highest BCUT2D eigenvalue weighted by molar-refractivity contribution is 6.02. The number of benzene rings is 1. The van der Waals surface area contributed by atoms with Crippen LogP contribution in [0.3, 0.4) is 0 Å². The summed E-state index contributed by atoms with van der Waals surface area (Å²) in [4.78, 5) is 14.4. The third-order valence-corrected chi connectivity index (χ3v) is 4.41. The quantitative estimate of drug-likeness (QED) is 0.807. The first kappa shape index (κ1) is 18.3. The van der Waals surface area contributed by atoms with Crippen LogP contribution in [0.1, 0.15) is 41.5 Å². The molecule has 0 fully saturated rings. The van der Waals surface area contributed by atoms with Gasteiger partial charge < -0.3 is 15.2 Å². The lowest BCUT2D eigenvalue weighted by Crippen LogP contribution is -2.17. The fourth-order valence-corrected chi connectivity index (χ4v) is 3.36. The van der Waals surface area contributed by atoms with Gasteiger partial charge in [0.25, 0.3) is 5.91 Å². The molecule has 0 unspecified atom stereocenters. The standard InChI is InChI=1S/C20H29N3O/c1-5-10-17-19(16-11-7-6-8-12-16)18(20(21)24)15(2)23(17)14-9-13-22(3)4/h6-8,11-12H,5,9-10,13-14H2,1-4H3,(H2,21,24). The van der Waals surface area contributed by atoms with Crippen LogP contribution in [0, 0.1) is 6.92 Å². The van der Waals surface area contributed by atoms with Gasteiger partial charge >= 0.3 is 0 Å². The average molecular weight is 327 g/mol. The maximum absolute atomic E-state index is 12.2. The Kier molecular flexibility index (Phi) is 6.21. The molecule has 1 heterocycles. The zero-order chi connectivity index (χ0) is 17.7. The van der Waals surface area contributed by atoms with Gasteiger partial charge in [0.15, 0.2) is 0 Å². The largest absolute Gasteiger partial charge is 0.366 e. The monoisotopic (exact) mass is 327 g/mol. The van der Waals surface area contributed by atoms with Gasteiger partial charge in [-0.15, -0.1) is 0 Å². The predicted molar refractivity (Wildman–Crippen MR) is 100 cm³/mol. The third-order valence-electron chi connectivity index (χ3n) is 4.41. The van der Waals surface area contributed by atoms with Crippen LogP contribution in [0.4, 0.5) is 0 Å². The minimum atomic E-state index is -0.338. The van der Waals surface area contributed by atoms with E-state index in [-0.39, 0.29) is 5.91 Å². The van der Waals surface area contributed by atoms with Crippen LogP contribution in [0.25, 0.3) is 11.1 Å². The summed E-state index contributed by atoms with van der Waals surface area (Å²) >= 11 is 0. The normalized spacial score (nSPS) is 11.2. The van der Waals surface area contributed by atoms with E-state index in [0.29, 0.717) is 5.56 Å². The Morgan fingerprint density at radius 1 is 1.21 bits per heavy atom. The van der Waals surface area contributed by atoms with Crippen molar-refractivity contribution in [2.75, 3.05) is 20.6 Å². The highest BCUT2D eigenvalue weighted by atomic mass is 16.1. The van der Waals surface area contributed by atoms with Crippen molar-refractivity contribution < 1.29 is 4.79 Å². The van der Waals surface area contributed by atoms with Crippen LogP contribution >= 0.6 is 0 Å². The van der Waals surface area contributed by atoms with E-state index < -0.39 is 0 Å². The van der Waals surface area contributed by atoms with E-state index in [4.69, 9.17) is 5.73 Å². The van der Waals surface area contributed by atoms with Crippen molar-refractivity contribution >= 4 is 5.91 Å². The lowest BCUT2D eigenvalue weighted by Gasteiger charge is -2.15. The number of hydrogen-bond donors (Lipinski definition) is 1. The molecule has 0 bridgehead atoms. The number of nitrogens with zero attached hydrogens (tertiary/aromatic N) is 2. The molecule has 0 aliphatic heterocycles. The minimum absolute atomic E-state index is 0.338. The van der Waals surface area contributed by atoms with E-state index >= 15 is 0 Å². The Morgan fingerprint density at radius 3 is 2.42 bits per heavy atom. The van der Waals surface area contributed by atoms with Gasteiger partial charge in [0.2, 0.25) is 0 Å². The molecule has 0 saturated carbocycles. The van der Waals surface area contributed by atoms with Gasteiger partial charge in [0.1, 0.15) is 0 Å². The van der Waals surface area contributed by atoms with Crippen LogP contribution in [0.5, 0.6) is 0 Å². The molecule has 0 spiro atoms. The Balaban J connectivity index is 2.56. The topological polar surface area (TPSA) is 51.3 Å². The molecule has 2 aromatic rings. The summed E-state index contributed by atoms with van der Waals surface area (Å²) in [7, 11) is 4.17. The van der Waals surface area contributed by atoms with Crippen LogP contribution in [-0.4, -0.2) is 36.0 Å². The van der Waals surface area contributed by atoms with E-state index in [1.807, 2.05) is 25.1 Å². The fourth-order valence-electron chi connectivity index (χ4n) is 3.36. The van der Waals surface area contributed by atoms with Crippen molar-refractivity contribution in [2.45, 2.75) is 39.7 Å². The molecule has 0 aliphatic carbocycles. The summed E-state index contributed by atoms with van der Waals surface area (Å²) < 4.78 is 2.30. The Labute approximate surface area is 145 Å². The number of hydrogen-bond acceptors (Lipinski definition) is 2. The lowest BCUT2D eigenvalue weighted by molar-refractivity contribution is 0.1000. The molecule has 2 N–H and O–H groups in total. The van der Waals surface area contributed by atoms with Gasteiger partial charge in [-0.2, -0.15) is 0 Å². The van der Waals surface area contributed by atoms with Gasteiger partial charge in [0.05, 0.1) is 5.56 Å². The van der Waals surface area contributed by atoms with Crippen molar-refractivity contribution in [1.82, 2.24) is 9.47 Å². The molecule has 1 aromatic carbocycles. The highest BCUT2D eigenvalue weighted by Gasteiger charge is 2.23. The minimum Gasteiger partial charge on any atom is -0.366 e. The molecule has 0 saturated heterocycles. The number of rotatable bonds is 8. The SMILES string of the molecule is CCCc1c(-c2ccccc2)c(C(N)=O)c(C)n1CCCN(C)C. The van der Waals surface area contributed by atoms with Crippen LogP contribution in [-0.2, 0) is 13.0 Å². The van der Waals surface area contributed by atoms with Crippen molar-refractivity contribution in [3.8, 4) is 11.1 Å². The summed E-state index contributed by atoms with van der Waals surface area (Å²) in [5.41, 5.74) is 10.7. The molecule has 1 amide bonds. The first-order chi connectivity index (χ1) is 11.5. The second-order valence-electron chi connectivity index (χ2n) is 6.57. The molecule has 130 valence electrons. The number of aromatic nitrogens is 1. The van der Waals surface area contributed by atoms with Gasteiger partial charge in [-0.05, 0) is 46.0 Å². The lowest BCUT2D eigenvalue weighted by atomic mass is 9.98. The number of nitrogens with two attached hydrogens (primary N) is 1. The average Bonchev–Trinajstić information content (AvgIpc) is 2.81. The Bertz CT molecular complexity index is 687. The molecule has 0 radical (unpaired) electrons. The summed E-state index contributed by atoms with van der Waals surface area (Å²) in [5, 5.41) is 0. The van der Waals surface area contributed by atoms with E-state index in [0.717, 1.165) is 49.2 Å². The molecule has 4 heteroatoms. The second kappa shape index (κ2) is 8.15. The van der Waals surface area contributed by atoms with Gasteiger partial charge in [-0.25, -0.2) is 0 Å². The molecular formula is C20H29N3O. The molecule has 0 aliphatic rings. The molecule has 4 nitrogen and oxygen atoms in total. The summed E-state index contributed by atoms with van der Waals surface area (Å²) in [6.45, 7) is 6.12. The number of carbonyl (C=O) groups is 1. The Morgan fingerprint density at radius 2 is 1.88 bits per heavy atom. The molecule has 1 aromatic heterocycles. The summed E-state index contributed by atoms with van der Waals surface area (Å²) in [5.74, 6) is -0.338. The number of amides is 1. The zero-order valence-corrected chi connectivity index (χ0v) is 15.3. The predicted octanol–water partition coefficient (Wildman–Crippen LogP) is 3.47. The van der Waals surface area contributed by atoms with Crippen molar-refractivity contribution in [1.29, 1.82) is 0 Å². The van der Waals surface area contributed by atoms with Crippen molar-refractivity contribution in [3.05, 3.63) is 47.3 Å². The van der Waals surface area contributed by atoms with Crippen LogP contribution in [0.2, 0.25) is 0 Å². The first-order valence-electron chi connectivity index (χ1n) is 8.69.